The SMILES string of the molecule is NCCCCCc1ccc(S(=O)(=O)O)c(N)c1. The fourth-order valence-electron chi connectivity index (χ4n) is 1.64. The fraction of sp³-hybridized carbons (Fsp3) is 0.455. The Morgan fingerprint density at radius 3 is 2.41 bits per heavy atom. The predicted octanol–water partition coefficient (Wildman–Crippen LogP) is 1.19. The maximum absolute atomic E-state index is 10.9. The molecule has 5 nitrogen and oxygen atoms in total. The van der Waals surface area contributed by atoms with Crippen LogP contribution >= 0.6 is 0 Å². The van der Waals surface area contributed by atoms with E-state index in [1.807, 2.05) is 0 Å². The van der Waals surface area contributed by atoms with E-state index >= 15 is 0 Å². The van der Waals surface area contributed by atoms with Gasteiger partial charge in [-0.3, -0.25) is 4.55 Å². The van der Waals surface area contributed by atoms with Gasteiger partial charge in [0, 0.05) is 0 Å². The molecular formula is C11H18N2O3S. The van der Waals surface area contributed by atoms with Gasteiger partial charge in [0.05, 0.1) is 5.69 Å². The van der Waals surface area contributed by atoms with E-state index in [9.17, 15) is 8.42 Å². The topological polar surface area (TPSA) is 106 Å². The van der Waals surface area contributed by atoms with Gasteiger partial charge < -0.3 is 11.5 Å². The second-order valence-corrected chi connectivity index (χ2v) is 5.34. The van der Waals surface area contributed by atoms with Crippen molar-refractivity contribution in [2.75, 3.05) is 12.3 Å². The molecule has 0 spiro atoms. The number of benzene rings is 1. The van der Waals surface area contributed by atoms with Gasteiger partial charge in [0.1, 0.15) is 4.90 Å². The van der Waals surface area contributed by atoms with Crippen LogP contribution < -0.4 is 11.5 Å². The standard InChI is InChI=1S/C11H18N2O3S/c12-7-3-1-2-4-9-5-6-11(10(13)8-9)17(14,15)16/h5-6,8H,1-4,7,12-13H2,(H,14,15,16). The van der Waals surface area contributed by atoms with Crippen LogP contribution in [0.25, 0.3) is 0 Å². The third kappa shape index (κ3) is 4.33. The maximum Gasteiger partial charge on any atom is 0.296 e. The van der Waals surface area contributed by atoms with Gasteiger partial charge in [0.25, 0.3) is 10.1 Å². The van der Waals surface area contributed by atoms with Gasteiger partial charge in [-0.05, 0) is 43.5 Å². The summed E-state index contributed by atoms with van der Waals surface area (Å²) in [6.07, 6.45) is 3.84. The monoisotopic (exact) mass is 258 g/mol. The minimum Gasteiger partial charge on any atom is -0.398 e. The number of anilines is 1. The van der Waals surface area contributed by atoms with Crippen LogP contribution in [-0.4, -0.2) is 19.5 Å². The van der Waals surface area contributed by atoms with Crippen LogP contribution in [0.1, 0.15) is 24.8 Å². The zero-order valence-corrected chi connectivity index (χ0v) is 10.4. The summed E-state index contributed by atoms with van der Waals surface area (Å²) in [6, 6.07) is 4.59. The van der Waals surface area contributed by atoms with Crippen LogP contribution in [0.4, 0.5) is 5.69 Å². The first-order valence-electron chi connectivity index (χ1n) is 5.51. The molecule has 0 heterocycles. The van der Waals surface area contributed by atoms with Crippen molar-refractivity contribution >= 4 is 15.8 Å². The lowest BCUT2D eigenvalue weighted by atomic mass is 10.1. The molecule has 0 aliphatic rings. The molecule has 96 valence electrons. The minimum atomic E-state index is -4.22. The lowest BCUT2D eigenvalue weighted by Crippen LogP contribution is -2.04. The number of rotatable bonds is 6. The van der Waals surface area contributed by atoms with Crippen LogP contribution in [0.15, 0.2) is 23.1 Å². The number of hydrogen-bond donors (Lipinski definition) is 3. The lowest BCUT2D eigenvalue weighted by molar-refractivity contribution is 0.483. The van der Waals surface area contributed by atoms with Crippen LogP contribution in [0.3, 0.4) is 0 Å². The zero-order valence-electron chi connectivity index (χ0n) is 9.59. The Labute approximate surface area is 102 Å². The normalized spacial score (nSPS) is 11.6. The Morgan fingerprint density at radius 1 is 1.18 bits per heavy atom. The Kier molecular flexibility index (Phi) is 4.92. The zero-order chi connectivity index (χ0) is 12.9. The summed E-state index contributed by atoms with van der Waals surface area (Å²) < 4.78 is 30.7. The summed E-state index contributed by atoms with van der Waals surface area (Å²) in [5.41, 5.74) is 12.0. The van der Waals surface area contributed by atoms with E-state index in [0.717, 1.165) is 31.2 Å². The molecule has 0 aliphatic carbocycles. The van der Waals surface area contributed by atoms with Gasteiger partial charge in [-0.1, -0.05) is 12.5 Å². The molecule has 5 N–H and O–H groups in total. The fourth-order valence-corrected chi connectivity index (χ4v) is 2.24. The summed E-state index contributed by atoms with van der Waals surface area (Å²) in [4.78, 5) is -0.233. The highest BCUT2D eigenvalue weighted by molar-refractivity contribution is 7.86. The summed E-state index contributed by atoms with van der Waals surface area (Å²) >= 11 is 0. The number of nitrogen functional groups attached to an aromatic ring is 1. The molecule has 1 aromatic rings. The number of hydrogen-bond acceptors (Lipinski definition) is 4. The van der Waals surface area contributed by atoms with Gasteiger partial charge in [0.15, 0.2) is 0 Å². The Balaban J connectivity index is 2.70. The van der Waals surface area contributed by atoms with E-state index in [0.29, 0.717) is 6.54 Å². The van der Waals surface area contributed by atoms with E-state index in [2.05, 4.69) is 0 Å². The van der Waals surface area contributed by atoms with E-state index in [1.54, 1.807) is 12.1 Å². The molecule has 0 saturated carbocycles. The Hall–Kier alpha value is -1.11. The van der Waals surface area contributed by atoms with Crippen molar-refractivity contribution in [2.45, 2.75) is 30.6 Å². The second-order valence-electron chi connectivity index (χ2n) is 3.95. The Morgan fingerprint density at radius 2 is 1.88 bits per heavy atom. The minimum absolute atomic E-state index is 0.0869. The molecule has 0 unspecified atom stereocenters. The molecule has 6 heteroatoms. The Bertz CT molecular complexity index is 472. The van der Waals surface area contributed by atoms with Crippen molar-refractivity contribution in [3.05, 3.63) is 23.8 Å². The summed E-state index contributed by atoms with van der Waals surface area (Å²) in [5.74, 6) is 0. The van der Waals surface area contributed by atoms with Crippen LogP contribution in [-0.2, 0) is 16.5 Å². The van der Waals surface area contributed by atoms with E-state index in [-0.39, 0.29) is 10.6 Å². The highest BCUT2D eigenvalue weighted by Gasteiger charge is 2.13. The van der Waals surface area contributed by atoms with Crippen molar-refractivity contribution < 1.29 is 13.0 Å². The molecule has 0 atom stereocenters. The van der Waals surface area contributed by atoms with E-state index < -0.39 is 10.1 Å². The number of nitrogens with two attached hydrogens (primary N) is 2. The van der Waals surface area contributed by atoms with Crippen LogP contribution in [0, 0.1) is 0 Å². The van der Waals surface area contributed by atoms with E-state index in [1.165, 1.54) is 6.07 Å². The van der Waals surface area contributed by atoms with Crippen molar-refractivity contribution in [3.63, 3.8) is 0 Å². The van der Waals surface area contributed by atoms with Crippen molar-refractivity contribution in [3.8, 4) is 0 Å². The summed E-state index contributed by atoms with van der Waals surface area (Å²) in [7, 11) is -4.22. The maximum atomic E-state index is 10.9. The second kappa shape index (κ2) is 6.00. The molecule has 1 rings (SSSR count). The van der Waals surface area contributed by atoms with Gasteiger partial charge >= 0.3 is 0 Å². The molecule has 0 aliphatic heterocycles. The number of aryl methyl sites for hydroxylation is 1. The molecule has 0 amide bonds. The van der Waals surface area contributed by atoms with Gasteiger partial charge in [-0.15, -0.1) is 0 Å². The molecule has 17 heavy (non-hydrogen) atoms. The predicted molar refractivity (Wildman–Crippen MR) is 67.3 cm³/mol. The summed E-state index contributed by atoms with van der Waals surface area (Å²) in [5, 5.41) is 0. The van der Waals surface area contributed by atoms with Crippen molar-refractivity contribution in [1.29, 1.82) is 0 Å². The first-order chi connectivity index (χ1) is 7.95. The molecule has 0 aromatic heterocycles. The molecule has 0 fully saturated rings. The highest BCUT2D eigenvalue weighted by Crippen LogP contribution is 2.20. The lowest BCUT2D eigenvalue weighted by Gasteiger charge is -2.06. The van der Waals surface area contributed by atoms with Crippen molar-refractivity contribution in [2.24, 2.45) is 5.73 Å². The smallest absolute Gasteiger partial charge is 0.296 e. The van der Waals surface area contributed by atoms with Crippen molar-refractivity contribution in [1.82, 2.24) is 0 Å². The number of unbranched alkanes of at least 4 members (excludes halogenated alkanes) is 2. The average Bonchev–Trinajstić information content (AvgIpc) is 2.23. The van der Waals surface area contributed by atoms with Gasteiger partial charge in [-0.2, -0.15) is 8.42 Å². The third-order valence-corrected chi connectivity index (χ3v) is 3.45. The highest BCUT2D eigenvalue weighted by atomic mass is 32.2. The molecule has 0 bridgehead atoms. The average molecular weight is 258 g/mol. The van der Waals surface area contributed by atoms with Gasteiger partial charge in [0.2, 0.25) is 0 Å². The first-order valence-corrected chi connectivity index (χ1v) is 6.95. The molecular weight excluding hydrogens is 240 g/mol. The summed E-state index contributed by atoms with van der Waals surface area (Å²) in [6.45, 7) is 0.684. The quantitative estimate of drug-likeness (QED) is 0.403. The molecule has 0 saturated heterocycles. The first kappa shape index (κ1) is 14.0. The van der Waals surface area contributed by atoms with Crippen LogP contribution in [0.5, 0.6) is 0 Å². The largest absolute Gasteiger partial charge is 0.398 e. The van der Waals surface area contributed by atoms with Gasteiger partial charge in [-0.25, -0.2) is 0 Å². The molecule has 0 radical (unpaired) electrons. The van der Waals surface area contributed by atoms with Crippen LogP contribution in [0.2, 0.25) is 0 Å². The van der Waals surface area contributed by atoms with E-state index in [4.69, 9.17) is 16.0 Å². The molecule has 1 aromatic carbocycles. The third-order valence-electron chi connectivity index (χ3n) is 2.52.